The van der Waals surface area contributed by atoms with Crippen LogP contribution in [-0.4, -0.2) is 45.9 Å². The van der Waals surface area contributed by atoms with E-state index in [1.54, 1.807) is 34.8 Å². The molecule has 3 rings (SSSR count). The number of nitrogens with zero attached hydrogens (tertiary/aromatic N) is 3. The van der Waals surface area contributed by atoms with Gasteiger partial charge in [0, 0.05) is 24.3 Å². The first kappa shape index (κ1) is 16.4. The smallest absolute Gasteiger partial charge is 0.260 e. The van der Waals surface area contributed by atoms with E-state index in [1.807, 2.05) is 6.92 Å². The van der Waals surface area contributed by atoms with E-state index in [0.717, 1.165) is 6.42 Å². The van der Waals surface area contributed by atoms with Gasteiger partial charge in [0.1, 0.15) is 11.6 Å². The summed E-state index contributed by atoms with van der Waals surface area (Å²) in [6, 6.07) is 2.86. The Morgan fingerprint density at radius 3 is 3.04 bits per heavy atom. The van der Waals surface area contributed by atoms with Gasteiger partial charge in [-0.05, 0) is 31.9 Å². The maximum absolute atomic E-state index is 12.9. The molecule has 1 aliphatic rings. The van der Waals surface area contributed by atoms with Crippen LogP contribution in [-0.2, 0) is 4.79 Å². The molecule has 1 saturated heterocycles. The van der Waals surface area contributed by atoms with E-state index in [2.05, 4.69) is 15.3 Å². The Balaban J connectivity index is 1.77. The highest BCUT2D eigenvalue weighted by Gasteiger charge is 2.36. The van der Waals surface area contributed by atoms with Crippen molar-refractivity contribution in [3.8, 4) is 5.88 Å². The van der Waals surface area contributed by atoms with E-state index < -0.39 is 6.04 Å². The summed E-state index contributed by atoms with van der Waals surface area (Å²) < 4.78 is 5.43. The molecule has 126 valence electrons. The molecule has 0 aliphatic carbocycles. The molecule has 2 aromatic heterocycles. The van der Waals surface area contributed by atoms with Gasteiger partial charge < -0.3 is 15.0 Å². The van der Waals surface area contributed by atoms with Crippen LogP contribution < -0.4 is 10.1 Å². The molecule has 0 aromatic carbocycles. The van der Waals surface area contributed by atoms with Crippen molar-refractivity contribution in [1.29, 1.82) is 0 Å². The van der Waals surface area contributed by atoms with Crippen LogP contribution >= 0.6 is 11.3 Å². The fourth-order valence-corrected chi connectivity index (χ4v) is 3.25. The van der Waals surface area contributed by atoms with Crippen LogP contribution in [0.4, 0.5) is 5.13 Å². The van der Waals surface area contributed by atoms with Gasteiger partial charge in [0.15, 0.2) is 5.13 Å². The Labute approximate surface area is 143 Å². The van der Waals surface area contributed by atoms with Crippen LogP contribution in [0.1, 0.15) is 30.1 Å². The summed E-state index contributed by atoms with van der Waals surface area (Å²) in [7, 11) is 0. The van der Waals surface area contributed by atoms with Gasteiger partial charge in [-0.2, -0.15) is 0 Å². The third kappa shape index (κ3) is 3.38. The summed E-state index contributed by atoms with van der Waals surface area (Å²) in [5, 5.41) is 5.09. The molecule has 8 heteroatoms. The normalized spacial score (nSPS) is 16.9. The number of carbonyl (C=O) groups excluding carboxylic acids is 2. The average molecular weight is 346 g/mol. The lowest BCUT2D eigenvalue weighted by Crippen LogP contribution is -2.43. The van der Waals surface area contributed by atoms with Crippen LogP contribution in [0.2, 0.25) is 0 Å². The minimum Gasteiger partial charge on any atom is -0.477 e. The summed E-state index contributed by atoms with van der Waals surface area (Å²) in [6.07, 6.45) is 4.62. The van der Waals surface area contributed by atoms with Crippen molar-refractivity contribution in [2.75, 3.05) is 18.5 Å². The third-order valence-electron chi connectivity index (χ3n) is 3.76. The van der Waals surface area contributed by atoms with Crippen LogP contribution in [0.5, 0.6) is 5.88 Å². The standard InChI is InChI=1S/C16H18N4O3S/c1-2-23-14-11(5-3-7-17-14)15(22)20-9-4-6-12(20)13(21)19-16-18-8-10-24-16/h3,5,7-8,10,12H,2,4,6,9H2,1H3,(H,18,19,21). The molecular weight excluding hydrogens is 328 g/mol. The second kappa shape index (κ2) is 7.39. The zero-order valence-electron chi connectivity index (χ0n) is 13.3. The molecule has 1 atom stereocenters. The monoisotopic (exact) mass is 346 g/mol. The molecule has 1 N–H and O–H groups in total. The first-order valence-corrected chi connectivity index (χ1v) is 8.67. The topological polar surface area (TPSA) is 84.4 Å². The maximum Gasteiger partial charge on any atom is 0.260 e. The zero-order valence-corrected chi connectivity index (χ0v) is 14.1. The van der Waals surface area contributed by atoms with Gasteiger partial charge in [-0.25, -0.2) is 9.97 Å². The van der Waals surface area contributed by atoms with E-state index >= 15 is 0 Å². The summed E-state index contributed by atoms with van der Waals surface area (Å²) in [5.41, 5.74) is 0.383. The number of anilines is 1. The molecule has 7 nitrogen and oxygen atoms in total. The number of nitrogens with one attached hydrogen (secondary N) is 1. The number of hydrogen-bond acceptors (Lipinski definition) is 6. The van der Waals surface area contributed by atoms with Crippen molar-refractivity contribution >= 4 is 28.3 Å². The molecule has 0 radical (unpaired) electrons. The molecule has 0 saturated carbocycles. The molecule has 2 aromatic rings. The van der Waals surface area contributed by atoms with Gasteiger partial charge in [0.2, 0.25) is 11.8 Å². The SMILES string of the molecule is CCOc1ncccc1C(=O)N1CCCC1C(=O)Nc1nccs1. The Morgan fingerprint density at radius 2 is 2.29 bits per heavy atom. The van der Waals surface area contributed by atoms with Gasteiger partial charge in [0.25, 0.3) is 5.91 Å². The predicted octanol–water partition coefficient (Wildman–Crippen LogP) is 2.18. The number of amides is 2. The van der Waals surface area contributed by atoms with E-state index in [4.69, 9.17) is 4.74 Å². The number of thiazole rings is 1. The van der Waals surface area contributed by atoms with Gasteiger partial charge in [-0.3, -0.25) is 9.59 Å². The van der Waals surface area contributed by atoms with Gasteiger partial charge in [0.05, 0.1) is 6.61 Å². The van der Waals surface area contributed by atoms with E-state index in [-0.39, 0.29) is 11.8 Å². The number of pyridine rings is 1. The first-order valence-electron chi connectivity index (χ1n) is 7.80. The van der Waals surface area contributed by atoms with Crippen LogP contribution in [0.3, 0.4) is 0 Å². The molecule has 0 bridgehead atoms. The zero-order chi connectivity index (χ0) is 16.9. The average Bonchev–Trinajstić information content (AvgIpc) is 3.26. The lowest BCUT2D eigenvalue weighted by atomic mass is 10.2. The maximum atomic E-state index is 12.9. The summed E-state index contributed by atoms with van der Waals surface area (Å²) >= 11 is 1.35. The van der Waals surface area contributed by atoms with Crippen LogP contribution in [0, 0.1) is 0 Å². The van der Waals surface area contributed by atoms with Crippen molar-refractivity contribution in [2.45, 2.75) is 25.8 Å². The molecule has 24 heavy (non-hydrogen) atoms. The highest BCUT2D eigenvalue weighted by atomic mass is 32.1. The van der Waals surface area contributed by atoms with Gasteiger partial charge in [-0.1, -0.05) is 0 Å². The molecule has 3 heterocycles. The van der Waals surface area contributed by atoms with Gasteiger partial charge >= 0.3 is 0 Å². The second-order valence-corrected chi connectivity index (χ2v) is 6.17. The highest BCUT2D eigenvalue weighted by Crippen LogP contribution is 2.25. The quantitative estimate of drug-likeness (QED) is 0.897. The van der Waals surface area contributed by atoms with Crippen LogP contribution in [0.15, 0.2) is 29.9 Å². The Kier molecular flexibility index (Phi) is 5.05. The number of likely N-dealkylation sites (tertiary alicyclic amines) is 1. The molecular formula is C16H18N4O3S. The fraction of sp³-hybridized carbons (Fsp3) is 0.375. The minimum absolute atomic E-state index is 0.211. The summed E-state index contributed by atoms with van der Waals surface area (Å²) in [4.78, 5) is 35.1. The van der Waals surface area contributed by atoms with E-state index in [0.29, 0.717) is 36.1 Å². The number of aromatic nitrogens is 2. The van der Waals surface area contributed by atoms with Crippen molar-refractivity contribution in [1.82, 2.24) is 14.9 Å². The van der Waals surface area contributed by atoms with Crippen molar-refractivity contribution in [3.05, 3.63) is 35.5 Å². The number of carbonyl (C=O) groups is 2. The molecule has 2 amide bonds. The molecule has 1 unspecified atom stereocenters. The second-order valence-electron chi connectivity index (χ2n) is 5.27. The van der Waals surface area contributed by atoms with E-state index in [1.165, 1.54) is 11.3 Å². The van der Waals surface area contributed by atoms with Gasteiger partial charge in [-0.15, -0.1) is 11.3 Å². The molecule has 1 fully saturated rings. The van der Waals surface area contributed by atoms with E-state index in [9.17, 15) is 9.59 Å². The predicted molar refractivity (Wildman–Crippen MR) is 90.2 cm³/mol. The Bertz CT molecular complexity index is 720. The van der Waals surface area contributed by atoms with Crippen LogP contribution in [0.25, 0.3) is 0 Å². The largest absolute Gasteiger partial charge is 0.477 e. The molecule has 1 aliphatic heterocycles. The number of rotatable bonds is 5. The number of hydrogen-bond donors (Lipinski definition) is 1. The summed E-state index contributed by atoms with van der Waals surface area (Å²) in [5.74, 6) is -0.142. The highest BCUT2D eigenvalue weighted by molar-refractivity contribution is 7.13. The lowest BCUT2D eigenvalue weighted by molar-refractivity contribution is -0.119. The first-order chi connectivity index (χ1) is 11.7. The third-order valence-corrected chi connectivity index (χ3v) is 4.45. The van der Waals surface area contributed by atoms with Crippen molar-refractivity contribution < 1.29 is 14.3 Å². The Hall–Kier alpha value is -2.48. The lowest BCUT2D eigenvalue weighted by Gasteiger charge is -2.24. The van der Waals surface area contributed by atoms with Crippen molar-refractivity contribution in [3.63, 3.8) is 0 Å². The summed E-state index contributed by atoms with van der Waals surface area (Å²) in [6.45, 7) is 2.80. The van der Waals surface area contributed by atoms with Crippen molar-refractivity contribution in [2.24, 2.45) is 0 Å². The minimum atomic E-state index is -0.504. The Morgan fingerprint density at radius 1 is 1.42 bits per heavy atom. The number of ether oxygens (including phenoxy) is 1. The fourth-order valence-electron chi connectivity index (χ4n) is 2.72. The molecule has 0 spiro atoms.